The maximum Gasteiger partial charge on any atom is 0.317 e. The molecule has 0 aromatic heterocycles. The summed E-state index contributed by atoms with van der Waals surface area (Å²) < 4.78 is 0. The van der Waals surface area contributed by atoms with Gasteiger partial charge in [-0.25, -0.2) is 4.79 Å². The van der Waals surface area contributed by atoms with E-state index < -0.39 is 0 Å². The summed E-state index contributed by atoms with van der Waals surface area (Å²) in [7, 11) is 0. The van der Waals surface area contributed by atoms with E-state index in [-0.39, 0.29) is 12.6 Å². The Bertz CT molecular complexity index is 427. The molecule has 1 aromatic carbocycles. The molecule has 0 saturated heterocycles. The predicted octanol–water partition coefficient (Wildman–Crippen LogP) is 1.96. The molecule has 0 heterocycles. The van der Waals surface area contributed by atoms with Crippen LogP contribution in [0.1, 0.15) is 30.9 Å². The van der Waals surface area contributed by atoms with Crippen LogP contribution in [0.3, 0.4) is 0 Å². The minimum Gasteiger partial charge on any atom is -0.395 e. The normalized spacial score (nSPS) is 14.1. The van der Waals surface area contributed by atoms with Gasteiger partial charge in [0.2, 0.25) is 0 Å². The first-order valence-corrected chi connectivity index (χ1v) is 7.47. The zero-order chi connectivity index (χ0) is 14.4. The van der Waals surface area contributed by atoms with E-state index in [1.807, 2.05) is 0 Å². The Morgan fingerprint density at radius 1 is 1.30 bits per heavy atom. The molecule has 0 unspecified atom stereocenters. The summed E-state index contributed by atoms with van der Waals surface area (Å²) in [6.45, 7) is 3.24. The number of carbonyl (C=O) groups is 1. The van der Waals surface area contributed by atoms with Crippen LogP contribution in [0.5, 0.6) is 0 Å². The average molecular weight is 276 g/mol. The molecule has 2 amide bonds. The molecule has 0 aliphatic heterocycles. The number of aliphatic hydroxyl groups is 1. The molecule has 1 aliphatic carbocycles. The molecule has 1 aliphatic rings. The van der Waals surface area contributed by atoms with Gasteiger partial charge in [0.15, 0.2) is 0 Å². The quantitative estimate of drug-likeness (QED) is 0.800. The van der Waals surface area contributed by atoms with Crippen LogP contribution in [0.2, 0.25) is 0 Å². The van der Waals surface area contributed by atoms with Crippen molar-refractivity contribution in [3.05, 3.63) is 35.4 Å². The fraction of sp³-hybridized carbons (Fsp3) is 0.562. The third-order valence-corrected chi connectivity index (χ3v) is 3.71. The Kier molecular flexibility index (Phi) is 5.41. The smallest absolute Gasteiger partial charge is 0.317 e. The van der Waals surface area contributed by atoms with Gasteiger partial charge in [-0.2, -0.15) is 0 Å². The molecular formula is C16H24N2O2. The number of rotatable bonds is 7. The minimum atomic E-state index is -0.0493. The first kappa shape index (κ1) is 14.9. The topological polar surface area (TPSA) is 52.6 Å². The van der Waals surface area contributed by atoms with Gasteiger partial charge in [-0.3, -0.25) is 0 Å². The minimum absolute atomic E-state index is 0.0302. The van der Waals surface area contributed by atoms with Gasteiger partial charge in [0.25, 0.3) is 0 Å². The van der Waals surface area contributed by atoms with Crippen molar-refractivity contribution in [2.75, 3.05) is 19.7 Å². The predicted molar refractivity (Wildman–Crippen MR) is 79.7 cm³/mol. The van der Waals surface area contributed by atoms with E-state index in [0.717, 1.165) is 25.7 Å². The van der Waals surface area contributed by atoms with Gasteiger partial charge >= 0.3 is 6.03 Å². The molecule has 1 saturated carbocycles. The molecule has 4 heteroatoms. The van der Waals surface area contributed by atoms with Crippen LogP contribution >= 0.6 is 0 Å². The summed E-state index contributed by atoms with van der Waals surface area (Å²) in [6, 6.07) is 8.81. The van der Waals surface area contributed by atoms with Crippen LogP contribution in [0, 0.1) is 0 Å². The summed E-state index contributed by atoms with van der Waals surface area (Å²) in [4.78, 5) is 13.8. The van der Waals surface area contributed by atoms with Gasteiger partial charge in [0, 0.05) is 19.1 Å². The van der Waals surface area contributed by atoms with Crippen molar-refractivity contribution in [2.24, 2.45) is 0 Å². The highest BCUT2D eigenvalue weighted by molar-refractivity contribution is 5.74. The molecule has 20 heavy (non-hydrogen) atoms. The maximum absolute atomic E-state index is 12.0. The van der Waals surface area contributed by atoms with Crippen molar-refractivity contribution < 1.29 is 9.90 Å². The maximum atomic E-state index is 12.0. The molecule has 2 N–H and O–H groups in total. The Morgan fingerprint density at radius 2 is 1.95 bits per heavy atom. The highest BCUT2D eigenvalue weighted by Crippen LogP contribution is 2.26. The fourth-order valence-corrected chi connectivity index (χ4v) is 2.30. The fourth-order valence-electron chi connectivity index (χ4n) is 2.30. The van der Waals surface area contributed by atoms with Crippen molar-refractivity contribution in [1.29, 1.82) is 0 Å². The van der Waals surface area contributed by atoms with Gasteiger partial charge < -0.3 is 15.3 Å². The second-order valence-electron chi connectivity index (χ2n) is 5.30. The van der Waals surface area contributed by atoms with E-state index >= 15 is 0 Å². The number of aryl methyl sites for hydroxylation is 1. The monoisotopic (exact) mass is 276 g/mol. The summed E-state index contributed by atoms with van der Waals surface area (Å²) in [5.41, 5.74) is 2.57. The first-order valence-electron chi connectivity index (χ1n) is 7.47. The van der Waals surface area contributed by atoms with Gasteiger partial charge in [-0.1, -0.05) is 31.2 Å². The highest BCUT2D eigenvalue weighted by Gasteiger charge is 2.31. The molecule has 0 radical (unpaired) electrons. The number of nitrogens with zero attached hydrogens (tertiary/aromatic N) is 1. The van der Waals surface area contributed by atoms with Crippen molar-refractivity contribution >= 4 is 6.03 Å². The molecule has 1 aromatic rings. The molecule has 110 valence electrons. The number of hydrogen-bond donors (Lipinski definition) is 2. The van der Waals surface area contributed by atoms with E-state index in [1.54, 1.807) is 4.90 Å². The number of aliphatic hydroxyl groups excluding tert-OH is 1. The lowest BCUT2D eigenvalue weighted by Crippen LogP contribution is -2.43. The first-order chi connectivity index (χ1) is 9.74. The van der Waals surface area contributed by atoms with Gasteiger partial charge in [0.05, 0.1) is 6.61 Å². The summed E-state index contributed by atoms with van der Waals surface area (Å²) in [5.74, 6) is 0. The third kappa shape index (κ3) is 4.23. The summed E-state index contributed by atoms with van der Waals surface area (Å²) >= 11 is 0. The second-order valence-corrected chi connectivity index (χ2v) is 5.30. The van der Waals surface area contributed by atoms with E-state index in [4.69, 9.17) is 5.11 Å². The number of urea groups is 1. The van der Waals surface area contributed by atoms with Gasteiger partial charge in [-0.15, -0.1) is 0 Å². The van der Waals surface area contributed by atoms with E-state index in [1.165, 1.54) is 11.1 Å². The highest BCUT2D eigenvalue weighted by atomic mass is 16.3. The van der Waals surface area contributed by atoms with Crippen molar-refractivity contribution in [3.63, 3.8) is 0 Å². The Morgan fingerprint density at radius 3 is 2.50 bits per heavy atom. The van der Waals surface area contributed by atoms with E-state index in [2.05, 4.69) is 36.5 Å². The zero-order valence-corrected chi connectivity index (χ0v) is 12.1. The number of carbonyl (C=O) groups excluding carboxylic acids is 1. The lowest BCUT2D eigenvalue weighted by atomic mass is 10.1. The Hall–Kier alpha value is -1.55. The number of amides is 2. The third-order valence-electron chi connectivity index (χ3n) is 3.71. The SMILES string of the molecule is CCc1ccc(CCNC(=O)N(CCO)C2CC2)cc1. The van der Waals surface area contributed by atoms with Crippen molar-refractivity contribution in [2.45, 2.75) is 38.6 Å². The second kappa shape index (κ2) is 7.29. The Balaban J connectivity index is 1.74. The molecule has 1 fully saturated rings. The van der Waals surface area contributed by atoms with Crippen molar-refractivity contribution in [1.82, 2.24) is 10.2 Å². The standard InChI is InChI=1S/C16H24N2O2/c1-2-13-3-5-14(6-4-13)9-10-17-16(20)18(11-12-19)15-7-8-15/h3-6,15,19H,2,7-12H2,1H3,(H,17,20). The van der Waals surface area contributed by atoms with Crippen LogP contribution in [0.25, 0.3) is 0 Å². The van der Waals surface area contributed by atoms with Crippen LogP contribution in [0.4, 0.5) is 4.79 Å². The zero-order valence-electron chi connectivity index (χ0n) is 12.1. The largest absolute Gasteiger partial charge is 0.395 e. The number of nitrogens with one attached hydrogen (secondary N) is 1. The van der Waals surface area contributed by atoms with E-state index in [0.29, 0.717) is 19.1 Å². The Labute approximate surface area is 120 Å². The molecule has 0 spiro atoms. The van der Waals surface area contributed by atoms with Crippen LogP contribution in [-0.2, 0) is 12.8 Å². The van der Waals surface area contributed by atoms with Crippen molar-refractivity contribution in [3.8, 4) is 0 Å². The summed E-state index contributed by atoms with van der Waals surface area (Å²) in [6.07, 6.45) is 4.01. The summed E-state index contributed by atoms with van der Waals surface area (Å²) in [5, 5.41) is 11.9. The number of hydrogen-bond acceptors (Lipinski definition) is 2. The lowest BCUT2D eigenvalue weighted by Gasteiger charge is -2.21. The lowest BCUT2D eigenvalue weighted by molar-refractivity contribution is 0.174. The van der Waals surface area contributed by atoms with E-state index in [9.17, 15) is 4.79 Å². The van der Waals surface area contributed by atoms with Gasteiger partial charge in [-0.05, 0) is 36.8 Å². The number of benzene rings is 1. The average Bonchev–Trinajstić information content (AvgIpc) is 3.30. The van der Waals surface area contributed by atoms with Crippen LogP contribution < -0.4 is 5.32 Å². The molecule has 2 rings (SSSR count). The van der Waals surface area contributed by atoms with Crippen LogP contribution in [-0.4, -0.2) is 41.8 Å². The molecule has 0 bridgehead atoms. The molecule has 0 atom stereocenters. The van der Waals surface area contributed by atoms with Gasteiger partial charge in [0.1, 0.15) is 0 Å². The molecular weight excluding hydrogens is 252 g/mol. The molecule has 4 nitrogen and oxygen atoms in total. The van der Waals surface area contributed by atoms with Crippen LogP contribution in [0.15, 0.2) is 24.3 Å².